The molecule has 0 aliphatic carbocycles. The Hall–Kier alpha value is -3.55. The summed E-state index contributed by atoms with van der Waals surface area (Å²) in [5, 5.41) is 5.78. The summed E-state index contributed by atoms with van der Waals surface area (Å²) >= 11 is 0. The minimum Gasteiger partial charge on any atom is -0.494 e. The van der Waals surface area contributed by atoms with Crippen LogP contribution in [0.4, 0.5) is 17.1 Å². The van der Waals surface area contributed by atoms with Crippen LogP contribution in [0, 0.1) is 0 Å². The van der Waals surface area contributed by atoms with Gasteiger partial charge in [-0.05, 0) is 36.8 Å². The lowest BCUT2D eigenvalue weighted by atomic mass is 10.1. The van der Waals surface area contributed by atoms with Crippen molar-refractivity contribution in [3.05, 3.63) is 48.0 Å². The highest BCUT2D eigenvalue weighted by molar-refractivity contribution is 5.98. The van der Waals surface area contributed by atoms with E-state index in [4.69, 9.17) is 9.47 Å². The minimum atomic E-state index is -0.525. The molecule has 0 saturated carbocycles. The second-order valence-electron chi connectivity index (χ2n) is 6.48. The van der Waals surface area contributed by atoms with Crippen LogP contribution in [-0.2, 0) is 14.3 Å². The fraction of sp³-hybridized carbons (Fsp3) is 0.286. The molecule has 0 spiro atoms. The monoisotopic (exact) mass is 397 g/mol. The van der Waals surface area contributed by atoms with Crippen LogP contribution >= 0.6 is 0 Å². The highest BCUT2D eigenvalue weighted by atomic mass is 16.5. The standard InChI is InChI=1S/C21H23N3O5/c1-28-20-16(21(27)29-2)8-4-9-17(20)22-13-18(25)23-14-6-3-7-15(12-14)24-11-5-10-19(24)26/h3-4,6-9,12,22H,5,10-11,13H2,1-2H3,(H,23,25). The summed E-state index contributed by atoms with van der Waals surface area (Å²) in [6, 6.07) is 12.2. The smallest absolute Gasteiger partial charge is 0.341 e. The van der Waals surface area contributed by atoms with Crippen LogP contribution in [0.1, 0.15) is 23.2 Å². The molecule has 1 heterocycles. The molecule has 0 bridgehead atoms. The molecule has 152 valence electrons. The molecule has 1 saturated heterocycles. The predicted molar refractivity (Wildman–Crippen MR) is 109 cm³/mol. The molecular formula is C21H23N3O5. The van der Waals surface area contributed by atoms with E-state index in [0.29, 0.717) is 30.1 Å². The minimum absolute atomic E-state index is 0.0339. The van der Waals surface area contributed by atoms with Gasteiger partial charge in [0, 0.05) is 24.3 Å². The molecule has 1 aliphatic heterocycles. The van der Waals surface area contributed by atoms with Crippen molar-refractivity contribution >= 4 is 34.8 Å². The van der Waals surface area contributed by atoms with Crippen molar-refractivity contribution < 1.29 is 23.9 Å². The lowest BCUT2D eigenvalue weighted by Crippen LogP contribution is -2.24. The summed E-state index contributed by atoms with van der Waals surface area (Å²) in [4.78, 5) is 37.9. The predicted octanol–water partition coefficient (Wildman–Crippen LogP) is 2.66. The Bertz CT molecular complexity index is 928. The van der Waals surface area contributed by atoms with Crippen LogP contribution in [-0.4, -0.2) is 45.1 Å². The highest BCUT2D eigenvalue weighted by Gasteiger charge is 2.22. The number of carbonyl (C=O) groups excluding carboxylic acids is 3. The second-order valence-corrected chi connectivity index (χ2v) is 6.48. The zero-order valence-electron chi connectivity index (χ0n) is 16.4. The van der Waals surface area contributed by atoms with Gasteiger partial charge in [-0.25, -0.2) is 4.79 Å². The van der Waals surface area contributed by atoms with E-state index >= 15 is 0 Å². The number of hydrogen-bond acceptors (Lipinski definition) is 6. The van der Waals surface area contributed by atoms with Gasteiger partial charge in [0.05, 0.1) is 26.5 Å². The van der Waals surface area contributed by atoms with Crippen molar-refractivity contribution in [3.8, 4) is 5.75 Å². The van der Waals surface area contributed by atoms with Gasteiger partial charge in [-0.3, -0.25) is 9.59 Å². The number of benzene rings is 2. The number of nitrogens with zero attached hydrogens (tertiary/aromatic N) is 1. The van der Waals surface area contributed by atoms with E-state index in [9.17, 15) is 14.4 Å². The van der Waals surface area contributed by atoms with Crippen LogP contribution in [0.15, 0.2) is 42.5 Å². The van der Waals surface area contributed by atoms with Gasteiger partial charge in [-0.1, -0.05) is 12.1 Å². The second kappa shape index (κ2) is 9.09. The summed E-state index contributed by atoms with van der Waals surface area (Å²) < 4.78 is 10.0. The SMILES string of the molecule is COC(=O)c1cccc(NCC(=O)Nc2cccc(N3CCCC3=O)c2)c1OC. The van der Waals surface area contributed by atoms with E-state index < -0.39 is 5.97 Å². The van der Waals surface area contributed by atoms with Gasteiger partial charge in [-0.15, -0.1) is 0 Å². The number of ether oxygens (including phenoxy) is 2. The lowest BCUT2D eigenvalue weighted by Gasteiger charge is -2.17. The maximum Gasteiger partial charge on any atom is 0.341 e. The number of nitrogens with one attached hydrogen (secondary N) is 2. The van der Waals surface area contributed by atoms with Gasteiger partial charge < -0.3 is 25.0 Å². The molecule has 0 atom stereocenters. The summed E-state index contributed by atoms with van der Waals surface area (Å²) in [5.74, 6) is -0.405. The van der Waals surface area contributed by atoms with E-state index in [2.05, 4.69) is 10.6 Å². The Morgan fingerprint density at radius 3 is 2.62 bits per heavy atom. The third-order valence-electron chi connectivity index (χ3n) is 4.58. The normalized spacial score (nSPS) is 13.2. The average Bonchev–Trinajstić information content (AvgIpc) is 3.17. The molecule has 2 aromatic carbocycles. The van der Waals surface area contributed by atoms with Gasteiger partial charge in [0.1, 0.15) is 5.56 Å². The number of hydrogen-bond donors (Lipinski definition) is 2. The molecule has 1 fully saturated rings. The molecule has 1 aliphatic rings. The van der Waals surface area contributed by atoms with Crippen LogP contribution < -0.4 is 20.3 Å². The maximum atomic E-state index is 12.4. The van der Waals surface area contributed by atoms with E-state index in [1.165, 1.54) is 14.2 Å². The molecule has 2 aromatic rings. The summed E-state index contributed by atoms with van der Waals surface area (Å²) in [5.41, 5.74) is 2.14. The molecule has 3 rings (SSSR count). The van der Waals surface area contributed by atoms with Crippen molar-refractivity contribution in [2.45, 2.75) is 12.8 Å². The van der Waals surface area contributed by atoms with E-state index in [1.54, 1.807) is 41.3 Å². The van der Waals surface area contributed by atoms with Crippen LogP contribution in [0.2, 0.25) is 0 Å². The molecule has 2 N–H and O–H groups in total. The Kier molecular flexibility index (Phi) is 6.33. The Balaban J connectivity index is 1.65. The Morgan fingerprint density at radius 2 is 1.93 bits per heavy atom. The quantitative estimate of drug-likeness (QED) is 0.697. The van der Waals surface area contributed by atoms with Gasteiger partial charge in [-0.2, -0.15) is 0 Å². The first-order valence-electron chi connectivity index (χ1n) is 9.23. The maximum absolute atomic E-state index is 12.4. The molecular weight excluding hydrogens is 374 g/mol. The number of esters is 1. The van der Waals surface area contributed by atoms with Gasteiger partial charge in [0.25, 0.3) is 0 Å². The first kappa shape index (κ1) is 20.2. The summed E-state index contributed by atoms with van der Waals surface area (Å²) in [7, 11) is 2.73. The zero-order valence-corrected chi connectivity index (χ0v) is 16.4. The topological polar surface area (TPSA) is 97.0 Å². The average molecular weight is 397 g/mol. The molecule has 8 heteroatoms. The van der Waals surface area contributed by atoms with E-state index in [-0.39, 0.29) is 23.9 Å². The zero-order chi connectivity index (χ0) is 20.8. The van der Waals surface area contributed by atoms with Gasteiger partial charge >= 0.3 is 5.97 Å². The van der Waals surface area contributed by atoms with Crippen molar-refractivity contribution in [1.82, 2.24) is 0 Å². The van der Waals surface area contributed by atoms with E-state index in [0.717, 1.165) is 12.1 Å². The lowest BCUT2D eigenvalue weighted by molar-refractivity contribution is -0.117. The van der Waals surface area contributed by atoms with Gasteiger partial charge in [0.15, 0.2) is 5.75 Å². The molecule has 8 nitrogen and oxygen atoms in total. The number of amides is 2. The number of anilines is 3. The van der Waals surface area contributed by atoms with Crippen molar-refractivity contribution in [2.75, 3.05) is 42.8 Å². The van der Waals surface area contributed by atoms with E-state index in [1.807, 2.05) is 6.07 Å². The molecule has 0 aromatic heterocycles. The molecule has 2 amide bonds. The third-order valence-corrected chi connectivity index (χ3v) is 4.58. The van der Waals surface area contributed by atoms with Crippen LogP contribution in [0.3, 0.4) is 0 Å². The van der Waals surface area contributed by atoms with Crippen molar-refractivity contribution in [2.24, 2.45) is 0 Å². The highest BCUT2D eigenvalue weighted by Crippen LogP contribution is 2.29. The number of rotatable bonds is 7. The fourth-order valence-electron chi connectivity index (χ4n) is 3.22. The molecule has 0 radical (unpaired) electrons. The number of carbonyl (C=O) groups is 3. The summed E-state index contributed by atoms with van der Waals surface area (Å²) in [6.45, 7) is 0.655. The number of methoxy groups -OCH3 is 2. The third kappa shape index (κ3) is 4.66. The van der Waals surface area contributed by atoms with Crippen LogP contribution in [0.5, 0.6) is 5.75 Å². The molecule has 29 heavy (non-hydrogen) atoms. The largest absolute Gasteiger partial charge is 0.494 e. The summed E-state index contributed by atoms with van der Waals surface area (Å²) in [6.07, 6.45) is 1.39. The first-order chi connectivity index (χ1) is 14.0. The van der Waals surface area contributed by atoms with Crippen molar-refractivity contribution in [1.29, 1.82) is 0 Å². The first-order valence-corrected chi connectivity index (χ1v) is 9.23. The fourth-order valence-corrected chi connectivity index (χ4v) is 3.22. The number of para-hydroxylation sites is 1. The van der Waals surface area contributed by atoms with Gasteiger partial charge in [0.2, 0.25) is 11.8 Å². The van der Waals surface area contributed by atoms with Crippen molar-refractivity contribution in [3.63, 3.8) is 0 Å². The van der Waals surface area contributed by atoms with Crippen LogP contribution in [0.25, 0.3) is 0 Å². The Labute approximate surface area is 168 Å². The Morgan fingerprint density at radius 1 is 1.14 bits per heavy atom. The molecule has 0 unspecified atom stereocenters.